The van der Waals surface area contributed by atoms with Crippen LogP contribution in [0.15, 0.2) is 4.99 Å². The third-order valence-corrected chi connectivity index (χ3v) is 5.21. The predicted octanol–water partition coefficient (Wildman–Crippen LogP) is 3.33. The van der Waals surface area contributed by atoms with Gasteiger partial charge in [-0.25, -0.2) is 0 Å². The number of amides is 1. The molecule has 0 N–H and O–H groups in total. The van der Waals surface area contributed by atoms with Gasteiger partial charge in [0.1, 0.15) is 5.66 Å². The second-order valence-corrected chi connectivity index (χ2v) is 7.90. The third kappa shape index (κ3) is 9.14. The summed E-state index contributed by atoms with van der Waals surface area (Å²) in [4.78, 5) is 27.3. The Bertz CT molecular complexity index is 503. The number of aliphatic imine (C=N–C) groups is 1. The molecule has 1 atom stereocenters. The molecule has 1 amide bonds. The predicted molar refractivity (Wildman–Crippen MR) is 94.8 cm³/mol. The number of carbonyl (C=O) groups is 2. The summed E-state index contributed by atoms with van der Waals surface area (Å²) in [7, 11) is -3.87. The molecule has 0 heterocycles. The maximum Gasteiger partial charge on any atom is 0.344 e. The largest absolute Gasteiger partial charge is 0.480 e. The van der Waals surface area contributed by atoms with E-state index in [9.17, 15) is 14.2 Å². The molecule has 0 radical (unpaired) electrons. The molecule has 0 saturated carbocycles. The highest BCUT2D eigenvalue weighted by Crippen LogP contribution is 2.57. The zero-order valence-corrected chi connectivity index (χ0v) is 17.0. The lowest BCUT2D eigenvalue weighted by Crippen LogP contribution is -2.31. The molecule has 0 aliphatic rings. The molecule has 0 aliphatic heterocycles. The Morgan fingerprint density at radius 2 is 1.44 bits per heavy atom. The van der Waals surface area contributed by atoms with Crippen molar-refractivity contribution < 1.29 is 32.7 Å². The third-order valence-electron chi connectivity index (χ3n) is 2.61. The van der Waals surface area contributed by atoms with Crippen molar-refractivity contribution in [3.05, 3.63) is 0 Å². The van der Waals surface area contributed by atoms with Crippen molar-refractivity contribution in [2.24, 2.45) is 4.99 Å². The van der Waals surface area contributed by atoms with Gasteiger partial charge in [-0.1, -0.05) is 0 Å². The van der Waals surface area contributed by atoms with Crippen LogP contribution in [0.1, 0.15) is 54.9 Å². The number of hydrogen-bond donors (Lipinski definition) is 0. The van der Waals surface area contributed by atoms with Gasteiger partial charge in [0.25, 0.3) is 0 Å². The lowest BCUT2D eigenvalue weighted by Gasteiger charge is -2.29. The highest BCUT2D eigenvalue weighted by atomic mass is 31.2. The number of esters is 1. The molecule has 0 aromatic rings. The highest BCUT2D eigenvalue weighted by Gasteiger charge is 2.44. The minimum atomic E-state index is -3.87. The van der Waals surface area contributed by atoms with E-state index < -0.39 is 37.3 Å². The number of carbonyl (C=O) groups excluding carboxylic acids is 2. The van der Waals surface area contributed by atoms with Gasteiger partial charge in [0.15, 0.2) is 0 Å². The molecule has 0 aromatic carbocycles. The van der Waals surface area contributed by atoms with E-state index in [0.717, 1.165) is 0 Å². The first-order valence-corrected chi connectivity index (χ1v) is 10.0. The van der Waals surface area contributed by atoms with E-state index in [-0.39, 0.29) is 25.5 Å². The van der Waals surface area contributed by atoms with Gasteiger partial charge in [0, 0.05) is 6.92 Å². The van der Waals surface area contributed by atoms with E-state index in [1.165, 1.54) is 6.92 Å². The number of hydrogen-bond acceptors (Lipinski definition) is 7. The number of ether oxygens (including phenoxy) is 2. The first kappa shape index (κ1) is 23.8. The normalized spacial score (nSPS) is 13.9. The van der Waals surface area contributed by atoms with E-state index in [4.69, 9.17) is 18.5 Å². The monoisotopic (exact) mass is 379 g/mol. The summed E-state index contributed by atoms with van der Waals surface area (Å²) in [6, 6.07) is 0. The Labute approximate surface area is 149 Å². The van der Waals surface area contributed by atoms with Gasteiger partial charge >= 0.3 is 13.6 Å². The maximum atomic E-state index is 13.4. The van der Waals surface area contributed by atoms with Crippen molar-refractivity contribution in [2.45, 2.75) is 72.8 Å². The van der Waals surface area contributed by atoms with Crippen molar-refractivity contribution in [3.8, 4) is 0 Å². The van der Waals surface area contributed by atoms with Crippen LogP contribution in [0.5, 0.6) is 0 Å². The highest BCUT2D eigenvalue weighted by molar-refractivity contribution is 7.55. The van der Waals surface area contributed by atoms with Crippen LogP contribution in [0.3, 0.4) is 0 Å². The van der Waals surface area contributed by atoms with Crippen molar-refractivity contribution in [2.75, 3.05) is 13.2 Å². The molecule has 0 fully saturated rings. The van der Waals surface area contributed by atoms with Gasteiger partial charge in [-0.3, -0.25) is 14.2 Å². The van der Waals surface area contributed by atoms with Gasteiger partial charge in [0.2, 0.25) is 11.8 Å². The molecule has 0 rings (SSSR count). The molecule has 0 aromatic heterocycles. The SMILES string of the molecule is CCOC(=O)CC(C(=NC(C)=O)OCC)P(=O)(OC(C)C)OC(C)C. The average Bonchev–Trinajstić information content (AvgIpc) is 2.42. The molecule has 0 bridgehead atoms. The lowest BCUT2D eigenvalue weighted by atomic mass is 10.3. The van der Waals surface area contributed by atoms with Gasteiger partial charge < -0.3 is 18.5 Å². The minimum absolute atomic E-state index is 0.146. The molecule has 146 valence electrons. The summed E-state index contributed by atoms with van der Waals surface area (Å²) in [5, 5.41) is 0. The zero-order valence-electron chi connectivity index (χ0n) is 16.1. The fourth-order valence-electron chi connectivity index (χ4n) is 1.98. The quantitative estimate of drug-likeness (QED) is 0.248. The van der Waals surface area contributed by atoms with E-state index in [1.54, 1.807) is 41.5 Å². The van der Waals surface area contributed by atoms with Crippen molar-refractivity contribution >= 4 is 25.4 Å². The van der Waals surface area contributed by atoms with E-state index in [2.05, 4.69) is 4.99 Å². The molecule has 8 nitrogen and oxygen atoms in total. The van der Waals surface area contributed by atoms with Crippen LogP contribution in [0.4, 0.5) is 0 Å². The first-order valence-electron chi connectivity index (χ1n) is 8.39. The van der Waals surface area contributed by atoms with E-state index in [1.807, 2.05) is 0 Å². The second kappa shape index (κ2) is 11.4. The van der Waals surface area contributed by atoms with Gasteiger partial charge in [-0.15, -0.1) is 0 Å². The summed E-state index contributed by atoms with van der Waals surface area (Å²) >= 11 is 0. The molecule has 0 aliphatic carbocycles. The average molecular weight is 379 g/mol. The Morgan fingerprint density at radius 3 is 1.80 bits per heavy atom. The Kier molecular flexibility index (Phi) is 10.8. The van der Waals surface area contributed by atoms with Crippen LogP contribution in [0.2, 0.25) is 0 Å². The Balaban J connectivity index is 6.04. The molecular formula is C16H30NO7P. The minimum Gasteiger partial charge on any atom is -0.480 e. The first-order chi connectivity index (χ1) is 11.6. The number of nitrogens with zero attached hydrogens (tertiary/aromatic N) is 1. The zero-order chi connectivity index (χ0) is 19.6. The van der Waals surface area contributed by atoms with Crippen LogP contribution in [-0.2, 0) is 32.7 Å². The Hall–Kier alpha value is -1.24. The van der Waals surface area contributed by atoms with Gasteiger partial charge in [-0.05, 0) is 41.5 Å². The topological polar surface area (TPSA) is 100 Å². The number of rotatable bonds is 10. The molecule has 0 saturated heterocycles. The second-order valence-electron chi connectivity index (χ2n) is 5.78. The Morgan fingerprint density at radius 1 is 0.960 bits per heavy atom. The standard InChI is InChI=1S/C16H30NO7P/c1-8-21-15(19)10-14(16(22-9-2)17-13(7)18)25(20,23-11(3)4)24-12(5)6/h11-12,14H,8-10H2,1-7H3. The van der Waals surface area contributed by atoms with Crippen LogP contribution in [0.25, 0.3) is 0 Å². The van der Waals surface area contributed by atoms with Crippen LogP contribution in [-0.4, -0.2) is 48.9 Å². The molecule has 25 heavy (non-hydrogen) atoms. The van der Waals surface area contributed by atoms with Crippen molar-refractivity contribution in [1.29, 1.82) is 0 Å². The summed E-state index contributed by atoms with van der Waals surface area (Å²) in [6.45, 7) is 11.7. The lowest BCUT2D eigenvalue weighted by molar-refractivity contribution is -0.143. The van der Waals surface area contributed by atoms with Crippen LogP contribution >= 0.6 is 7.60 Å². The van der Waals surface area contributed by atoms with Gasteiger partial charge in [-0.2, -0.15) is 4.99 Å². The van der Waals surface area contributed by atoms with E-state index >= 15 is 0 Å². The summed E-state index contributed by atoms with van der Waals surface area (Å²) in [5.74, 6) is -1.30. The summed E-state index contributed by atoms with van der Waals surface area (Å²) in [5.41, 5.74) is -1.17. The summed E-state index contributed by atoms with van der Waals surface area (Å²) < 4.78 is 34.9. The van der Waals surface area contributed by atoms with E-state index in [0.29, 0.717) is 0 Å². The molecular weight excluding hydrogens is 349 g/mol. The maximum absolute atomic E-state index is 13.4. The van der Waals surface area contributed by atoms with Crippen LogP contribution < -0.4 is 0 Å². The van der Waals surface area contributed by atoms with Crippen LogP contribution in [0, 0.1) is 0 Å². The van der Waals surface area contributed by atoms with Gasteiger partial charge in [0.05, 0.1) is 31.8 Å². The summed E-state index contributed by atoms with van der Waals surface area (Å²) in [6.07, 6.45) is -1.21. The molecule has 0 spiro atoms. The van der Waals surface area contributed by atoms with Crippen molar-refractivity contribution in [3.63, 3.8) is 0 Å². The fourth-order valence-corrected chi connectivity index (χ4v) is 4.27. The fraction of sp³-hybridized carbons (Fsp3) is 0.812. The van der Waals surface area contributed by atoms with Crippen molar-refractivity contribution in [1.82, 2.24) is 0 Å². The molecule has 1 unspecified atom stereocenters. The molecule has 9 heteroatoms. The smallest absolute Gasteiger partial charge is 0.344 e.